The van der Waals surface area contributed by atoms with Gasteiger partial charge in [-0.1, -0.05) is 23.2 Å². The Kier molecular flexibility index (Phi) is 5.86. The van der Waals surface area contributed by atoms with Crippen LogP contribution in [0.3, 0.4) is 0 Å². The molecule has 1 aromatic carbocycles. The van der Waals surface area contributed by atoms with Crippen LogP contribution in [0.5, 0.6) is 0 Å². The van der Waals surface area contributed by atoms with E-state index >= 15 is 0 Å². The number of carbonyl (C=O) groups excluding carboxylic acids is 1. The summed E-state index contributed by atoms with van der Waals surface area (Å²) in [5.74, 6) is -1.03. The Hall–Kier alpha value is -1.24. The lowest BCUT2D eigenvalue weighted by Crippen LogP contribution is -2.16. The molecule has 0 unspecified atom stereocenters. The molecule has 0 saturated carbocycles. The van der Waals surface area contributed by atoms with Gasteiger partial charge in [0.2, 0.25) is 9.84 Å². The fourth-order valence-corrected chi connectivity index (χ4v) is 3.26. The molecule has 0 aromatic heterocycles. The van der Waals surface area contributed by atoms with Crippen molar-refractivity contribution in [3.05, 3.63) is 39.4 Å². The lowest BCUT2D eigenvalue weighted by atomic mass is 10.4. The minimum atomic E-state index is -4.14. The summed E-state index contributed by atoms with van der Waals surface area (Å²) in [5.41, 5.74) is 0. The van der Waals surface area contributed by atoms with Crippen molar-refractivity contribution >= 4 is 39.0 Å². The molecule has 20 heavy (non-hydrogen) atoms. The van der Waals surface area contributed by atoms with E-state index in [1.54, 1.807) is 6.92 Å². The predicted molar refractivity (Wildman–Crippen MR) is 75.4 cm³/mol. The van der Waals surface area contributed by atoms with Crippen LogP contribution in [0.1, 0.15) is 6.92 Å². The molecule has 0 aliphatic rings. The van der Waals surface area contributed by atoms with Crippen LogP contribution in [0.25, 0.3) is 0 Å². The zero-order valence-electron chi connectivity index (χ0n) is 10.7. The standard InChI is InChI=1S/C12H12Cl2O5S/c1-3-19-7-11(12(15)18-2)20(16,17)10-5-8(13)4-9(14)6-10/h4-7H,3H2,1-2H3/b11-7+. The van der Waals surface area contributed by atoms with Crippen molar-refractivity contribution in [3.63, 3.8) is 0 Å². The van der Waals surface area contributed by atoms with Crippen molar-refractivity contribution in [2.75, 3.05) is 13.7 Å². The van der Waals surface area contributed by atoms with Gasteiger partial charge in [-0.2, -0.15) is 0 Å². The Labute approximate surface area is 127 Å². The van der Waals surface area contributed by atoms with Crippen LogP contribution >= 0.6 is 23.2 Å². The molecule has 0 spiro atoms. The average molecular weight is 339 g/mol. The Balaban J connectivity index is 3.40. The number of benzene rings is 1. The number of ether oxygens (including phenoxy) is 2. The molecule has 0 bridgehead atoms. The molecular weight excluding hydrogens is 327 g/mol. The minimum absolute atomic E-state index is 0.136. The fraction of sp³-hybridized carbons (Fsp3) is 0.250. The van der Waals surface area contributed by atoms with Gasteiger partial charge >= 0.3 is 5.97 Å². The maximum Gasteiger partial charge on any atom is 0.353 e. The third kappa shape index (κ3) is 3.88. The van der Waals surface area contributed by atoms with Gasteiger partial charge in [0.1, 0.15) is 6.26 Å². The first kappa shape index (κ1) is 16.8. The molecule has 8 heteroatoms. The molecule has 0 aliphatic heterocycles. The molecular formula is C12H12Cl2O5S. The largest absolute Gasteiger partial charge is 0.500 e. The topological polar surface area (TPSA) is 69.7 Å². The van der Waals surface area contributed by atoms with Crippen LogP contribution < -0.4 is 0 Å². The minimum Gasteiger partial charge on any atom is -0.500 e. The molecule has 1 aromatic rings. The second-order valence-electron chi connectivity index (χ2n) is 3.54. The summed E-state index contributed by atoms with van der Waals surface area (Å²) < 4.78 is 34.1. The van der Waals surface area contributed by atoms with E-state index in [1.807, 2.05) is 0 Å². The number of sulfone groups is 1. The molecule has 0 fully saturated rings. The number of hydrogen-bond acceptors (Lipinski definition) is 5. The van der Waals surface area contributed by atoms with Gasteiger partial charge in [-0.05, 0) is 25.1 Å². The highest BCUT2D eigenvalue weighted by molar-refractivity contribution is 7.96. The van der Waals surface area contributed by atoms with Crippen molar-refractivity contribution in [3.8, 4) is 0 Å². The third-order valence-corrected chi connectivity index (χ3v) is 4.31. The van der Waals surface area contributed by atoms with E-state index in [-0.39, 0.29) is 21.5 Å². The first-order valence-electron chi connectivity index (χ1n) is 5.44. The van der Waals surface area contributed by atoms with Gasteiger partial charge in [-0.25, -0.2) is 13.2 Å². The summed E-state index contributed by atoms with van der Waals surface area (Å²) in [6.45, 7) is 1.85. The van der Waals surface area contributed by atoms with Crippen LogP contribution in [0.15, 0.2) is 34.3 Å². The Morgan fingerprint density at radius 1 is 1.25 bits per heavy atom. The van der Waals surface area contributed by atoms with E-state index in [4.69, 9.17) is 27.9 Å². The Bertz CT molecular complexity index is 617. The summed E-state index contributed by atoms with van der Waals surface area (Å²) in [7, 11) is -3.06. The number of methoxy groups -OCH3 is 1. The van der Waals surface area contributed by atoms with E-state index in [2.05, 4.69) is 4.74 Å². The monoisotopic (exact) mass is 338 g/mol. The van der Waals surface area contributed by atoms with Crippen LogP contribution in [0.2, 0.25) is 10.0 Å². The molecule has 0 radical (unpaired) electrons. The number of carbonyl (C=O) groups is 1. The number of esters is 1. The number of hydrogen-bond donors (Lipinski definition) is 0. The van der Waals surface area contributed by atoms with Gasteiger partial charge in [-0.3, -0.25) is 0 Å². The summed E-state index contributed by atoms with van der Waals surface area (Å²) >= 11 is 11.5. The lowest BCUT2D eigenvalue weighted by Gasteiger charge is -2.08. The molecule has 0 atom stereocenters. The number of halogens is 2. The van der Waals surface area contributed by atoms with E-state index in [1.165, 1.54) is 18.2 Å². The average Bonchev–Trinajstić information content (AvgIpc) is 2.37. The number of rotatable bonds is 5. The van der Waals surface area contributed by atoms with Crippen LogP contribution in [0.4, 0.5) is 0 Å². The first-order valence-corrected chi connectivity index (χ1v) is 7.68. The molecule has 110 valence electrons. The van der Waals surface area contributed by atoms with Gasteiger partial charge in [-0.15, -0.1) is 0 Å². The second kappa shape index (κ2) is 6.97. The zero-order chi connectivity index (χ0) is 15.3. The van der Waals surface area contributed by atoms with E-state index in [9.17, 15) is 13.2 Å². The van der Waals surface area contributed by atoms with Gasteiger partial charge in [0, 0.05) is 10.0 Å². The van der Waals surface area contributed by atoms with Gasteiger partial charge in [0.15, 0.2) is 4.91 Å². The van der Waals surface area contributed by atoms with Gasteiger partial charge in [0.25, 0.3) is 0 Å². The molecule has 0 aliphatic carbocycles. The predicted octanol–water partition coefficient (Wildman–Crippen LogP) is 2.82. The summed E-state index contributed by atoms with van der Waals surface area (Å²) in [4.78, 5) is 10.8. The first-order chi connectivity index (χ1) is 9.32. The lowest BCUT2D eigenvalue weighted by molar-refractivity contribution is -0.135. The highest BCUT2D eigenvalue weighted by atomic mass is 35.5. The smallest absolute Gasteiger partial charge is 0.353 e. The van der Waals surface area contributed by atoms with Crippen molar-refractivity contribution in [1.82, 2.24) is 0 Å². The van der Waals surface area contributed by atoms with Gasteiger partial charge in [0.05, 0.1) is 18.6 Å². The van der Waals surface area contributed by atoms with E-state index in [0.717, 1.165) is 13.4 Å². The van der Waals surface area contributed by atoms with Crippen molar-refractivity contribution in [1.29, 1.82) is 0 Å². The SMILES string of the molecule is CCO/C=C(\C(=O)OC)S(=O)(=O)c1cc(Cl)cc(Cl)c1. The van der Waals surface area contributed by atoms with Crippen molar-refractivity contribution < 1.29 is 22.7 Å². The maximum atomic E-state index is 12.4. The van der Waals surface area contributed by atoms with Crippen LogP contribution in [-0.4, -0.2) is 28.1 Å². The second-order valence-corrected chi connectivity index (χ2v) is 6.33. The molecule has 1 rings (SSSR count). The molecule has 0 amide bonds. The fourth-order valence-electron chi connectivity index (χ4n) is 1.29. The van der Waals surface area contributed by atoms with Gasteiger partial charge < -0.3 is 9.47 Å². The Morgan fingerprint density at radius 2 is 1.80 bits per heavy atom. The highest BCUT2D eigenvalue weighted by Gasteiger charge is 2.29. The quantitative estimate of drug-likeness (QED) is 0.469. The van der Waals surface area contributed by atoms with E-state index in [0.29, 0.717) is 0 Å². The van der Waals surface area contributed by atoms with Crippen molar-refractivity contribution in [2.45, 2.75) is 11.8 Å². The highest BCUT2D eigenvalue weighted by Crippen LogP contribution is 2.27. The molecule has 5 nitrogen and oxygen atoms in total. The normalized spacial score (nSPS) is 12.1. The Morgan fingerprint density at radius 3 is 2.25 bits per heavy atom. The summed E-state index contributed by atoms with van der Waals surface area (Å²) in [6, 6.07) is 3.75. The van der Waals surface area contributed by atoms with Crippen LogP contribution in [0, 0.1) is 0 Å². The summed E-state index contributed by atoms with van der Waals surface area (Å²) in [6.07, 6.45) is 0.843. The van der Waals surface area contributed by atoms with Crippen LogP contribution in [-0.2, 0) is 24.1 Å². The van der Waals surface area contributed by atoms with E-state index < -0.39 is 20.7 Å². The molecule has 0 heterocycles. The third-order valence-electron chi connectivity index (χ3n) is 2.18. The molecule has 0 N–H and O–H groups in total. The summed E-state index contributed by atoms with van der Waals surface area (Å²) in [5, 5.41) is 0.272. The van der Waals surface area contributed by atoms with Crippen molar-refractivity contribution in [2.24, 2.45) is 0 Å². The maximum absolute atomic E-state index is 12.4. The zero-order valence-corrected chi connectivity index (χ0v) is 13.1. The molecule has 0 saturated heterocycles.